The number of hydrogen-bond donors (Lipinski definition) is 1. The first-order valence-electron chi connectivity index (χ1n) is 7.85. The molecule has 1 aromatic carbocycles. The summed E-state index contributed by atoms with van der Waals surface area (Å²) in [7, 11) is 1.23. The van der Waals surface area contributed by atoms with E-state index in [0.29, 0.717) is 12.5 Å². The van der Waals surface area contributed by atoms with E-state index in [4.69, 9.17) is 10.5 Å². The van der Waals surface area contributed by atoms with Crippen molar-refractivity contribution >= 4 is 24.1 Å². The zero-order valence-electron chi connectivity index (χ0n) is 14.3. The average Bonchev–Trinajstić information content (AvgIpc) is 3.01. The average molecular weight is 374 g/mol. The molecular formula is C16H24ClN3O5. The van der Waals surface area contributed by atoms with E-state index < -0.39 is 10.9 Å². The van der Waals surface area contributed by atoms with Crippen molar-refractivity contribution in [1.82, 2.24) is 4.90 Å². The standard InChI is InChI=1S/C16H23N3O5.ClH/c1-11(17)13-5-6-18(9-13)8-12-3-4-15(14(7-12)19(21)22)24-10-16(20)23-2;/h3-4,7,11,13H,5-6,8-10,17H2,1-2H3;1H. The molecule has 0 aromatic heterocycles. The first-order chi connectivity index (χ1) is 11.4. The predicted molar refractivity (Wildman–Crippen MR) is 94.9 cm³/mol. The Morgan fingerprint density at radius 3 is 2.80 bits per heavy atom. The van der Waals surface area contributed by atoms with E-state index in [0.717, 1.165) is 25.1 Å². The number of nitro groups is 1. The third-order valence-corrected chi connectivity index (χ3v) is 4.25. The van der Waals surface area contributed by atoms with Crippen LogP contribution >= 0.6 is 12.4 Å². The molecule has 140 valence electrons. The Kier molecular flexibility index (Phi) is 8.08. The molecule has 8 nitrogen and oxygen atoms in total. The van der Waals surface area contributed by atoms with E-state index in [1.54, 1.807) is 6.07 Å². The van der Waals surface area contributed by atoms with Crippen molar-refractivity contribution in [2.45, 2.75) is 25.9 Å². The predicted octanol–water partition coefficient (Wildman–Crippen LogP) is 1.74. The lowest BCUT2D eigenvalue weighted by molar-refractivity contribution is -0.385. The van der Waals surface area contributed by atoms with Gasteiger partial charge >= 0.3 is 11.7 Å². The number of ether oxygens (including phenoxy) is 2. The molecule has 1 fully saturated rings. The fourth-order valence-electron chi connectivity index (χ4n) is 2.82. The zero-order valence-corrected chi connectivity index (χ0v) is 15.2. The molecule has 2 N–H and O–H groups in total. The first-order valence-corrected chi connectivity index (χ1v) is 7.85. The van der Waals surface area contributed by atoms with Crippen LogP contribution in [-0.4, -0.2) is 48.6 Å². The van der Waals surface area contributed by atoms with E-state index in [1.165, 1.54) is 19.2 Å². The minimum atomic E-state index is -0.590. The van der Waals surface area contributed by atoms with Crippen molar-refractivity contribution < 1.29 is 19.2 Å². The lowest BCUT2D eigenvalue weighted by Gasteiger charge is -2.18. The number of benzene rings is 1. The topological polar surface area (TPSA) is 108 Å². The van der Waals surface area contributed by atoms with Gasteiger partial charge in [0.25, 0.3) is 0 Å². The fraction of sp³-hybridized carbons (Fsp3) is 0.562. The normalized spacial score (nSPS) is 18.3. The van der Waals surface area contributed by atoms with E-state index in [9.17, 15) is 14.9 Å². The summed E-state index contributed by atoms with van der Waals surface area (Å²) < 4.78 is 9.64. The SMILES string of the molecule is COC(=O)COc1ccc(CN2CCC(C(C)N)C2)cc1[N+](=O)[O-].Cl. The Hall–Kier alpha value is -1.90. The number of hydrogen-bond acceptors (Lipinski definition) is 7. The fourth-order valence-corrected chi connectivity index (χ4v) is 2.82. The largest absolute Gasteiger partial charge is 0.475 e. The van der Waals surface area contributed by atoms with Gasteiger partial charge in [-0.2, -0.15) is 0 Å². The van der Waals surface area contributed by atoms with Crippen LogP contribution in [0.25, 0.3) is 0 Å². The third-order valence-electron chi connectivity index (χ3n) is 4.25. The number of nitrogens with zero attached hydrogens (tertiary/aromatic N) is 2. The molecule has 0 radical (unpaired) electrons. The second-order valence-corrected chi connectivity index (χ2v) is 6.07. The van der Waals surface area contributed by atoms with E-state index in [1.807, 2.05) is 6.92 Å². The second-order valence-electron chi connectivity index (χ2n) is 6.07. The third kappa shape index (κ3) is 5.84. The molecule has 1 aromatic rings. The lowest BCUT2D eigenvalue weighted by Crippen LogP contribution is -2.29. The molecule has 1 saturated heterocycles. The van der Waals surface area contributed by atoms with Gasteiger partial charge in [-0.05, 0) is 37.4 Å². The second kappa shape index (κ2) is 9.55. The molecule has 2 rings (SSSR count). The highest BCUT2D eigenvalue weighted by molar-refractivity contribution is 5.85. The molecule has 2 unspecified atom stereocenters. The Bertz CT molecular complexity index is 611. The Morgan fingerprint density at radius 1 is 1.52 bits per heavy atom. The number of nitrogens with two attached hydrogens (primary N) is 1. The van der Waals surface area contributed by atoms with Crippen LogP contribution < -0.4 is 10.5 Å². The van der Waals surface area contributed by atoms with Crippen molar-refractivity contribution in [2.24, 2.45) is 11.7 Å². The number of nitro benzene ring substituents is 1. The summed E-state index contributed by atoms with van der Waals surface area (Å²) in [6.07, 6.45) is 1.04. The minimum Gasteiger partial charge on any atom is -0.475 e. The maximum atomic E-state index is 11.2. The molecular weight excluding hydrogens is 350 g/mol. The molecule has 25 heavy (non-hydrogen) atoms. The molecule has 0 amide bonds. The number of rotatable bonds is 7. The number of carbonyl (C=O) groups excluding carboxylic acids is 1. The van der Waals surface area contributed by atoms with Crippen molar-refractivity contribution in [3.05, 3.63) is 33.9 Å². The van der Waals surface area contributed by atoms with Gasteiger partial charge in [-0.1, -0.05) is 6.07 Å². The summed E-state index contributed by atoms with van der Waals surface area (Å²) in [6.45, 7) is 4.10. The highest BCUT2D eigenvalue weighted by Gasteiger charge is 2.26. The Labute approximate surface area is 152 Å². The number of methoxy groups -OCH3 is 1. The van der Waals surface area contributed by atoms with Gasteiger partial charge in [-0.3, -0.25) is 15.0 Å². The van der Waals surface area contributed by atoms with Crippen LogP contribution in [0.2, 0.25) is 0 Å². The van der Waals surface area contributed by atoms with Gasteiger partial charge in [0.15, 0.2) is 12.4 Å². The number of carbonyl (C=O) groups is 1. The molecule has 0 aliphatic carbocycles. The molecule has 9 heteroatoms. The zero-order chi connectivity index (χ0) is 17.7. The van der Waals surface area contributed by atoms with Crippen LogP contribution in [0.5, 0.6) is 5.75 Å². The molecule has 0 saturated carbocycles. The van der Waals surface area contributed by atoms with Crippen LogP contribution in [0.15, 0.2) is 18.2 Å². The van der Waals surface area contributed by atoms with Crippen LogP contribution in [-0.2, 0) is 16.1 Å². The number of esters is 1. The quantitative estimate of drug-likeness (QED) is 0.440. The molecule has 0 bridgehead atoms. The smallest absolute Gasteiger partial charge is 0.343 e. The van der Waals surface area contributed by atoms with Crippen molar-refractivity contribution in [2.75, 3.05) is 26.8 Å². The van der Waals surface area contributed by atoms with E-state index in [2.05, 4.69) is 9.64 Å². The number of halogens is 1. The van der Waals surface area contributed by atoms with Gasteiger partial charge in [0.2, 0.25) is 0 Å². The van der Waals surface area contributed by atoms with Gasteiger partial charge in [0.1, 0.15) is 0 Å². The summed E-state index contributed by atoms with van der Waals surface area (Å²) in [5, 5.41) is 11.2. The van der Waals surface area contributed by atoms with Gasteiger partial charge in [-0.15, -0.1) is 12.4 Å². The van der Waals surface area contributed by atoms with Crippen molar-refractivity contribution in [1.29, 1.82) is 0 Å². The highest BCUT2D eigenvalue weighted by atomic mass is 35.5. The van der Waals surface area contributed by atoms with Crippen LogP contribution in [0.3, 0.4) is 0 Å². The Balaban J connectivity index is 0.00000312. The summed E-state index contributed by atoms with van der Waals surface area (Å²) in [5.41, 5.74) is 6.61. The van der Waals surface area contributed by atoms with Gasteiger partial charge in [0.05, 0.1) is 12.0 Å². The molecule has 1 aliphatic heterocycles. The molecule has 1 heterocycles. The van der Waals surface area contributed by atoms with Gasteiger partial charge < -0.3 is 15.2 Å². The number of likely N-dealkylation sites (tertiary alicyclic amines) is 1. The van der Waals surface area contributed by atoms with E-state index in [-0.39, 0.29) is 36.5 Å². The van der Waals surface area contributed by atoms with E-state index >= 15 is 0 Å². The van der Waals surface area contributed by atoms with Crippen LogP contribution in [0, 0.1) is 16.0 Å². The Morgan fingerprint density at radius 2 is 2.24 bits per heavy atom. The van der Waals surface area contributed by atoms with Crippen molar-refractivity contribution in [3.8, 4) is 5.75 Å². The summed E-state index contributed by atoms with van der Waals surface area (Å²) in [4.78, 5) is 24.1. The van der Waals surface area contributed by atoms with Crippen LogP contribution in [0.4, 0.5) is 5.69 Å². The monoisotopic (exact) mass is 373 g/mol. The summed E-state index contributed by atoms with van der Waals surface area (Å²) in [6, 6.07) is 4.94. The minimum absolute atomic E-state index is 0. The molecule has 1 aliphatic rings. The first kappa shape index (κ1) is 21.1. The summed E-state index contributed by atoms with van der Waals surface area (Å²) in [5.74, 6) is -0.0703. The maximum Gasteiger partial charge on any atom is 0.343 e. The lowest BCUT2D eigenvalue weighted by atomic mass is 10.0. The highest BCUT2D eigenvalue weighted by Crippen LogP contribution is 2.29. The van der Waals surface area contributed by atoms with Gasteiger partial charge in [-0.25, -0.2) is 4.79 Å². The summed E-state index contributed by atoms with van der Waals surface area (Å²) >= 11 is 0. The van der Waals surface area contributed by atoms with Crippen molar-refractivity contribution in [3.63, 3.8) is 0 Å². The van der Waals surface area contributed by atoms with Gasteiger partial charge in [0, 0.05) is 25.2 Å². The molecule has 2 atom stereocenters. The maximum absolute atomic E-state index is 11.2. The van der Waals surface area contributed by atoms with Crippen LogP contribution in [0.1, 0.15) is 18.9 Å². The molecule has 0 spiro atoms.